The predicted octanol–water partition coefficient (Wildman–Crippen LogP) is 5.36. The molecule has 1 aliphatic rings. The normalized spacial score (nSPS) is 17.6. The monoisotopic (exact) mass is 501 g/mol. The second-order valence-corrected chi connectivity index (χ2v) is 8.35. The Balaban J connectivity index is 0.00000180. The number of hydrogen-bond donors (Lipinski definition) is 2. The molecule has 3 aromatic heterocycles. The first-order valence-corrected chi connectivity index (χ1v) is 10.9. The number of amides is 1. The molecular formula is C25H30F3N7O. The van der Waals surface area contributed by atoms with Gasteiger partial charge in [0.05, 0.1) is 0 Å². The first-order valence-electron chi connectivity index (χ1n) is 10.9. The molecule has 0 unspecified atom stereocenters. The van der Waals surface area contributed by atoms with Crippen LogP contribution in [0.25, 0.3) is 11.3 Å². The third-order valence-electron chi connectivity index (χ3n) is 6.04. The van der Waals surface area contributed by atoms with Gasteiger partial charge in [-0.25, -0.2) is 4.98 Å². The fourth-order valence-corrected chi connectivity index (χ4v) is 4.24. The Morgan fingerprint density at radius 3 is 2.19 bits per heavy atom. The average Bonchev–Trinajstić information content (AvgIpc) is 3.51. The van der Waals surface area contributed by atoms with Crippen molar-refractivity contribution in [3.8, 4) is 5.69 Å². The molecule has 1 amide bonds. The molecule has 2 N–H and O–H groups in total. The number of anilines is 1. The number of halogens is 3. The Labute approximate surface area is 207 Å². The topological polar surface area (TPSA) is 89.1 Å². The largest absolute Gasteiger partial charge is 0.434 e. The quantitative estimate of drug-likeness (QED) is 0.384. The molecule has 0 saturated heterocycles. The number of carbonyl (C=O) groups is 1. The standard InChI is InChI=1S/C23H22F3N7O.2CH4/c24-23(25,26)19-12-33-20(2-1-3-21(33)31-19)29-16-6-8-17(9-7-16)30-22(34)15-4-10-18(11-5-15)32-13-27-28-14-32;;/h1-5,10-14,16-17,29H,6-9H2,(H,30,34);2*1H4. The van der Waals surface area contributed by atoms with Gasteiger partial charge in [-0.15, -0.1) is 10.2 Å². The number of nitrogens with one attached hydrogen (secondary N) is 2. The molecule has 1 aliphatic carbocycles. The number of fused-ring (bicyclic) bond motifs is 1. The molecule has 0 radical (unpaired) electrons. The third kappa shape index (κ3) is 5.67. The molecule has 3 heterocycles. The zero-order chi connectivity index (χ0) is 23.7. The highest BCUT2D eigenvalue weighted by Crippen LogP contribution is 2.30. The Kier molecular flexibility index (Phi) is 8.01. The van der Waals surface area contributed by atoms with Crippen molar-refractivity contribution in [1.82, 2.24) is 29.5 Å². The summed E-state index contributed by atoms with van der Waals surface area (Å²) < 4.78 is 42.3. The van der Waals surface area contributed by atoms with E-state index in [1.165, 1.54) is 4.40 Å². The maximum atomic E-state index is 13.0. The zero-order valence-electron chi connectivity index (χ0n) is 18.0. The molecule has 11 heteroatoms. The minimum atomic E-state index is -4.49. The van der Waals surface area contributed by atoms with E-state index in [2.05, 4.69) is 25.8 Å². The number of aromatic nitrogens is 5. The molecule has 36 heavy (non-hydrogen) atoms. The second-order valence-electron chi connectivity index (χ2n) is 8.35. The van der Waals surface area contributed by atoms with Crippen LogP contribution in [0.3, 0.4) is 0 Å². The van der Waals surface area contributed by atoms with E-state index in [4.69, 9.17) is 0 Å². The smallest absolute Gasteiger partial charge is 0.368 e. The van der Waals surface area contributed by atoms with Crippen LogP contribution in [0.1, 0.15) is 56.6 Å². The lowest BCUT2D eigenvalue weighted by Crippen LogP contribution is -2.40. The van der Waals surface area contributed by atoms with Crippen LogP contribution in [-0.4, -0.2) is 42.1 Å². The summed E-state index contributed by atoms with van der Waals surface area (Å²) in [5.74, 6) is 0.441. The number of hydrogen-bond acceptors (Lipinski definition) is 5. The summed E-state index contributed by atoms with van der Waals surface area (Å²) in [4.78, 5) is 16.3. The number of benzene rings is 1. The van der Waals surface area contributed by atoms with Gasteiger partial charge < -0.3 is 10.6 Å². The predicted molar refractivity (Wildman–Crippen MR) is 132 cm³/mol. The van der Waals surface area contributed by atoms with Gasteiger partial charge in [0.25, 0.3) is 5.91 Å². The second kappa shape index (κ2) is 10.8. The van der Waals surface area contributed by atoms with Gasteiger partial charge in [-0.05, 0) is 62.1 Å². The van der Waals surface area contributed by atoms with Gasteiger partial charge in [0.15, 0.2) is 5.69 Å². The van der Waals surface area contributed by atoms with Crippen molar-refractivity contribution in [3.63, 3.8) is 0 Å². The molecule has 1 saturated carbocycles. The molecule has 0 atom stereocenters. The van der Waals surface area contributed by atoms with E-state index in [0.717, 1.165) is 37.6 Å². The van der Waals surface area contributed by atoms with Crippen LogP contribution in [0.5, 0.6) is 0 Å². The molecule has 1 aromatic carbocycles. The van der Waals surface area contributed by atoms with Crippen LogP contribution in [0.4, 0.5) is 19.0 Å². The molecule has 0 spiro atoms. The number of nitrogens with zero attached hydrogens (tertiary/aromatic N) is 5. The van der Waals surface area contributed by atoms with Gasteiger partial charge in [0.2, 0.25) is 0 Å². The van der Waals surface area contributed by atoms with E-state index < -0.39 is 11.9 Å². The first kappa shape index (κ1) is 26.7. The van der Waals surface area contributed by atoms with E-state index >= 15 is 0 Å². The SMILES string of the molecule is C.C.O=C(NC1CCC(Nc2cccc3nc(C(F)(F)F)cn23)CC1)c1ccc(-n2cnnc2)cc1. The Hall–Kier alpha value is -3.89. The number of rotatable bonds is 5. The first-order chi connectivity index (χ1) is 16.4. The summed E-state index contributed by atoms with van der Waals surface area (Å²) >= 11 is 0. The van der Waals surface area contributed by atoms with E-state index in [9.17, 15) is 18.0 Å². The molecule has 1 fully saturated rings. The molecule has 8 nitrogen and oxygen atoms in total. The molecule has 0 aliphatic heterocycles. The van der Waals surface area contributed by atoms with Gasteiger partial charge in [0, 0.05) is 29.5 Å². The van der Waals surface area contributed by atoms with Crippen LogP contribution in [0.2, 0.25) is 0 Å². The van der Waals surface area contributed by atoms with Crippen LogP contribution in [-0.2, 0) is 6.18 Å². The van der Waals surface area contributed by atoms with Crippen LogP contribution in [0, 0.1) is 0 Å². The van der Waals surface area contributed by atoms with Gasteiger partial charge in [-0.1, -0.05) is 20.9 Å². The lowest BCUT2D eigenvalue weighted by atomic mass is 9.91. The van der Waals surface area contributed by atoms with E-state index in [-0.39, 0.29) is 38.5 Å². The summed E-state index contributed by atoms with van der Waals surface area (Å²) in [5.41, 5.74) is 0.768. The summed E-state index contributed by atoms with van der Waals surface area (Å²) in [6, 6.07) is 12.3. The van der Waals surface area contributed by atoms with Crippen molar-refractivity contribution in [3.05, 3.63) is 72.6 Å². The highest BCUT2D eigenvalue weighted by atomic mass is 19.4. The number of alkyl halides is 3. The summed E-state index contributed by atoms with van der Waals surface area (Å²) in [5, 5.41) is 14.0. The Bertz CT molecular complexity index is 1280. The minimum absolute atomic E-state index is 0. The average molecular weight is 502 g/mol. The number of carbonyl (C=O) groups excluding carboxylic acids is 1. The summed E-state index contributed by atoms with van der Waals surface area (Å²) in [6.07, 6.45) is 2.82. The van der Waals surface area contributed by atoms with Gasteiger partial charge in [-0.2, -0.15) is 13.2 Å². The highest BCUT2D eigenvalue weighted by molar-refractivity contribution is 5.94. The molecule has 5 rings (SSSR count). The summed E-state index contributed by atoms with van der Waals surface area (Å²) in [6.45, 7) is 0. The fraction of sp³-hybridized carbons (Fsp3) is 0.360. The van der Waals surface area contributed by atoms with Crippen molar-refractivity contribution in [2.24, 2.45) is 0 Å². The summed E-state index contributed by atoms with van der Waals surface area (Å²) in [7, 11) is 0. The van der Waals surface area contributed by atoms with E-state index in [0.29, 0.717) is 11.4 Å². The van der Waals surface area contributed by atoms with Crippen molar-refractivity contribution in [1.29, 1.82) is 0 Å². The lowest BCUT2D eigenvalue weighted by molar-refractivity contribution is -0.140. The van der Waals surface area contributed by atoms with Crippen molar-refractivity contribution in [2.45, 2.75) is 58.8 Å². The number of imidazole rings is 1. The maximum absolute atomic E-state index is 13.0. The van der Waals surface area contributed by atoms with Crippen LogP contribution < -0.4 is 10.6 Å². The van der Waals surface area contributed by atoms with E-state index in [1.807, 2.05) is 12.1 Å². The van der Waals surface area contributed by atoms with Gasteiger partial charge in [0.1, 0.15) is 24.1 Å². The van der Waals surface area contributed by atoms with Crippen LogP contribution in [0.15, 0.2) is 61.3 Å². The van der Waals surface area contributed by atoms with Crippen molar-refractivity contribution < 1.29 is 18.0 Å². The molecule has 4 aromatic rings. The van der Waals surface area contributed by atoms with Crippen molar-refractivity contribution in [2.75, 3.05) is 5.32 Å². The van der Waals surface area contributed by atoms with Crippen LogP contribution >= 0.6 is 0 Å². The highest BCUT2D eigenvalue weighted by Gasteiger charge is 2.34. The zero-order valence-corrected chi connectivity index (χ0v) is 18.0. The van der Waals surface area contributed by atoms with Crippen molar-refractivity contribution >= 4 is 17.4 Å². The molecule has 192 valence electrons. The fourth-order valence-electron chi connectivity index (χ4n) is 4.24. The Morgan fingerprint density at radius 2 is 1.56 bits per heavy atom. The molecule has 0 bridgehead atoms. The molecular weight excluding hydrogens is 471 g/mol. The van der Waals surface area contributed by atoms with Gasteiger partial charge in [-0.3, -0.25) is 13.8 Å². The lowest BCUT2D eigenvalue weighted by Gasteiger charge is -2.30. The van der Waals surface area contributed by atoms with E-state index in [1.54, 1.807) is 47.6 Å². The van der Waals surface area contributed by atoms with Gasteiger partial charge >= 0.3 is 6.18 Å². The Morgan fingerprint density at radius 1 is 0.917 bits per heavy atom. The minimum Gasteiger partial charge on any atom is -0.368 e. The number of pyridine rings is 1. The maximum Gasteiger partial charge on any atom is 0.434 e. The third-order valence-corrected chi connectivity index (χ3v) is 6.04.